The van der Waals surface area contributed by atoms with Crippen LogP contribution in [-0.4, -0.2) is 4.57 Å². The number of aromatic nitrogens is 1. The van der Waals surface area contributed by atoms with Crippen molar-refractivity contribution in [2.75, 3.05) is 0 Å². The Hall–Kier alpha value is -1.33. The molecule has 19 heavy (non-hydrogen) atoms. The summed E-state index contributed by atoms with van der Waals surface area (Å²) in [6, 6.07) is 17.2. The van der Waals surface area contributed by atoms with E-state index in [0.717, 1.165) is 6.54 Å². The van der Waals surface area contributed by atoms with Gasteiger partial charge >= 0.3 is 0 Å². The van der Waals surface area contributed by atoms with Crippen molar-refractivity contribution in [1.82, 2.24) is 4.57 Å². The van der Waals surface area contributed by atoms with E-state index in [2.05, 4.69) is 81.9 Å². The first-order chi connectivity index (χ1) is 9.26. The summed E-state index contributed by atoms with van der Waals surface area (Å²) in [6.07, 6.45) is 2.14. The van der Waals surface area contributed by atoms with Crippen molar-refractivity contribution in [2.24, 2.45) is 5.73 Å². The highest BCUT2D eigenvalue weighted by Gasteiger charge is 2.03. The fourth-order valence-electron chi connectivity index (χ4n) is 2.28. The van der Waals surface area contributed by atoms with Crippen molar-refractivity contribution in [3.05, 3.63) is 69.4 Å². The predicted molar refractivity (Wildman–Crippen MR) is 88.1 cm³/mol. The van der Waals surface area contributed by atoms with E-state index >= 15 is 0 Å². The molecule has 96 valence electrons. The SMILES string of the molecule is NCc1ccc2ccn(Cc3ccc(I)cc3)c2c1. The summed E-state index contributed by atoms with van der Waals surface area (Å²) in [7, 11) is 0. The lowest BCUT2D eigenvalue weighted by Gasteiger charge is -2.07. The average molecular weight is 362 g/mol. The fourth-order valence-corrected chi connectivity index (χ4v) is 2.64. The summed E-state index contributed by atoms with van der Waals surface area (Å²) in [4.78, 5) is 0. The zero-order valence-corrected chi connectivity index (χ0v) is 12.7. The second-order valence-electron chi connectivity index (χ2n) is 4.67. The molecular formula is C16H15IN2. The molecule has 3 rings (SSSR count). The van der Waals surface area contributed by atoms with Gasteiger partial charge in [0.05, 0.1) is 0 Å². The van der Waals surface area contributed by atoms with E-state index in [1.54, 1.807) is 0 Å². The Morgan fingerprint density at radius 1 is 0.947 bits per heavy atom. The molecule has 1 heterocycles. The molecule has 0 atom stereocenters. The van der Waals surface area contributed by atoms with E-state index in [9.17, 15) is 0 Å². The molecule has 0 bridgehead atoms. The molecule has 0 saturated heterocycles. The summed E-state index contributed by atoms with van der Waals surface area (Å²) >= 11 is 2.33. The van der Waals surface area contributed by atoms with Gasteiger partial charge in [0.2, 0.25) is 0 Å². The summed E-state index contributed by atoms with van der Waals surface area (Å²) < 4.78 is 3.54. The number of halogens is 1. The Balaban J connectivity index is 1.98. The summed E-state index contributed by atoms with van der Waals surface area (Å²) in [5, 5.41) is 1.27. The monoisotopic (exact) mass is 362 g/mol. The van der Waals surface area contributed by atoms with Gasteiger partial charge in [0.15, 0.2) is 0 Å². The lowest BCUT2D eigenvalue weighted by atomic mass is 10.1. The molecule has 3 heteroatoms. The number of rotatable bonds is 3. The lowest BCUT2D eigenvalue weighted by molar-refractivity contribution is 0.835. The molecule has 0 amide bonds. The Kier molecular flexibility index (Phi) is 3.57. The van der Waals surface area contributed by atoms with Crippen molar-refractivity contribution in [1.29, 1.82) is 0 Å². The minimum absolute atomic E-state index is 0.588. The molecule has 2 aromatic carbocycles. The van der Waals surface area contributed by atoms with Crippen molar-refractivity contribution in [3.63, 3.8) is 0 Å². The maximum Gasteiger partial charge on any atom is 0.0486 e. The zero-order valence-electron chi connectivity index (χ0n) is 10.5. The van der Waals surface area contributed by atoms with E-state index < -0.39 is 0 Å². The molecule has 0 aliphatic rings. The van der Waals surface area contributed by atoms with Crippen LogP contribution in [0, 0.1) is 3.57 Å². The fraction of sp³-hybridized carbons (Fsp3) is 0.125. The predicted octanol–water partition coefficient (Wildman–Crippen LogP) is 3.75. The maximum atomic E-state index is 5.72. The van der Waals surface area contributed by atoms with Gasteiger partial charge < -0.3 is 10.3 Å². The number of nitrogens with zero attached hydrogens (tertiary/aromatic N) is 1. The van der Waals surface area contributed by atoms with E-state index in [4.69, 9.17) is 5.73 Å². The van der Waals surface area contributed by atoms with Gasteiger partial charge in [-0.2, -0.15) is 0 Å². The van der Waals surface area contributed by atoms with Gasteiger partial charge in [0.25, 0.3) is 0 Å². The molecule has 0 spiro atoms. The van der Waals surface area contributed by atoms with Gasteiger partial charge in [-0.1, -0.05) is 24.3 Å². The highest BCUT2D eigenvalue weighted by molar-refractivity contribution is 14.1. The van der Waals surface area contributed by atoms with Crippen LogP contribution in [-0.2, 0) is 13.1 Å². The van der Waals surface area contributed by atoms with Gasteiger partial charge in [-0.05, 0) is 63.4 Å². The maximum absolute atomic E-state index is 5.72. The molecule has 0 fully saturated rings. The van der Waals surface area contributed by atoms with E-state index in [1.165, 1.54) is 25.6 Å². The smallest absolute Gasteiger partial charge is 0.0486 e. The molecule has 0 saturated carbocycles. The summed E-state index contributed by atoms with van der Waals surface area (Å²) in [5.74, 6) is 0. The number of fused-ring (bicyclic) bond motifs is 1. The number of hydrogen-bond donors (Lipinski definition) is 1. The number of benzene rings is 2. The number of nitrogens with two attached hydrogens (primary N) is 1. The molecule has 1 aromatic heterocycles. The van der Waals surface area contributed by atoms with Crippen LogP contribution < -0.4 is 5.73 Å². The molecule has 2 N–H and O–H groups in total. The van der Waals surface area contributed by atoms with Crippen LogP contribution in [0.5, 0.6) is 0 Å². The largest absolute Gasteiger partial charge is 0.343 e. The molecule has 3 aromatic rings. The van der Waals surface area contributed by atoms with Gasteiger partial charge in [0, 0.05) is 28.4 Å². The summed E-state index contributed by atoms with van der Waals surface area (Å²) in [5.41, 5.74) is 9.46. The number of hydrogen-bond acceptors (Lipinski definition) is 1. The highest BCUT2D eigenvalue weighted by Crippen LogP contribution is 2.19. The minimum atomic E-state index is 0.588. The Labute approximate surface area is 126 Å². The normalized spacial score (nSPS) is 11.1. The van der Waals surface area contributed by atoms with Crippen molar-refractivity contribution >= 4 is 33.5 Å². The van der Waals surface area contributed by atoms with Crippen LogP contribution in [0.2, 0.25) is 0 Å². The first-order valence-electron chi connectivity index (χ1n) is 6.28. The minimum Gasteiger partial charge on any atom is -0.343 e. The zero-order chi connectivity index (χ0) is 13.2. The van der Waals surface area contributed by atoms with Gasteiger partial charge in [-0.3, -0.25) is 0 Å². The van der Waals surface area contributed by atoms with Gasteiger partial charge in [-0.15, -0.1) is 0 Å². The molecular weight excluding hydrogens is 347 g/mol. The van der Waals surface area contributed by atoms with Crippen LogP contribution in [0.1, 0.15) is 11.1 Å². The topological polar surface area (TPSA) is 30.9 Å². The average Bonchev–Trinajstić information content (AvgIpc) is 2.84. The van der Waals surface area contributed by atoms with Crippen molar-refractivity contribution in [3.8, 4) is 0 Å². The molecule has 2 nitrogen and oxygen atoms in total. The molecule has 0 aliphatic carbocycles. The quantitative estimate of drug-likeness (QED) is 0.707. The van der Waals surface area contributed by atoms with E-state index in [1.807, 2.05) is 0 Å². The third kappa shape index (κ3) is 2.67. The van der Waals surface area contributed by atoms with Crippen molar-refractivity contribution < 1.29 is 0 Å². The highest BCUT2D eigenvalue weighted by atomic mass is 127. The van der Waals surface area contributed by atoms with Crippen LogP contribution >= 0.6 is 22.6 Å². The Morgan fingerprint density at radius 3 is 2.42 bits per heavy atom. The van der Waals surface area contributed by atoms with Crippen LogP contribution in [0.4, 0.5) is 0 Å². The third-order valence-electron chi connectivity index (χ3n) is 3.34. The van der Waals surface area contributed by atoms with Crippen LogP contribution in [0.25, 0.3) is 10.9 Å². The van der Waals surface area contributed by atoms with Crippen LogP contribution in [0.15, 0.2) is 54.7 Å². The first-order valence-corrected chi connectivity index (χ1v) is 7.36. The van der Waals surface area contributed by atoms with Gasteiger partial charge in [0.1, 0.15) is 0 Å². The molecule has 0 unspecified atom stereocenters. The summed E-state index contributed by atoms with van der Waals surface area (Å²) in [6.45, 7) is 1.49. The lowest BCUT2D eigenvalue weighted by Crippen LogP contribution is -2.00. The standard InChI is InChI=1S/C16H15IN2/c17-15-5-2-12(3-6-15)11-19-8-7-14-4-1-13(10-18)9-16(14)19/h1-9H,10-11,18H2. The molecule has 0 aliphatic heterocycles. The molecule has 0 radical (unpaired) electrons. The Bertz CT molecular complexity index is 698. The first kappa shape index (κ1) is 12.7. The van der Waals surface area contributed by atoms with Crippen molar-refractivity contribution in [2.45, 2.75) is 13.1 Å². The Morgan fingerprint density at radius 2 is 1.68 bits per heavy atom. The third-order valence-corrected chi connectivity index (χ3v) is 4.06. The van der Waals surface area contributed by atoms with Crippen LogP contribution in [0.3, 0.4) is 0 Å². The second-order valence-corrected chi connectivity index (χ2v) is 5.91. The second kappa shape index (κ2) is 5.35. The van der Waals surface area contributed by atoms with Gasteiger partial charge in [-0.25, -0.2) is 0 Å². The van der Waals surface area contributed by atoms with E-state index in [0.29, 0.717) is 6.54 Å². The van der Waals surface area contributed by atoms with E-state index in [-0.39, 0.29) is 0 Å².